The summed E-state index contributed by atoms with van der Waals surface area (Å²) in [5, 5.41) is 2.13. The molecule has 0 bridgehead atoms. The lowest BCUT2D eigenvalue weighted by Crippen LogP contribution is -2.49. The molecule has 3 aromatic rings. The fraction of sp³-hybridized carbons (Fsp3) is 0.261. The van der Waals surface area contributed by atoms with E-state index in [2.05, 4.69) is 34.5 Å². The standard InChI is InChI=1S/C23H24N2OS/c26-23(21-10-8-20(9-11-21)19-5-2-1-3-6-19)25-16-14-24(15-17-25)13-12-22-7-4-18-27-22/h1-11,18H,12-17H2. The van der Waals surface area contributed by atoms with Crippen LogP contribution in [0.5, 0.6) is 0 Å². The second-order valence-corrected chi connectivity index (χ2v) is 7.94. The molecule has 0 unspecified atom stereocenters. The minimum Gasteiger partial charge on any atom is -0.336 e. The highest BCUT2D eigenvalue weighted by molar-refractivity contribution is 7.09. The Morgan fingerprint density at radius 3 is 2.19 bits per heavy atom. The summed E-state index contributed by atoms with van der Waals surface area (Å²) < 4.78 is 0. The van der Waals surface area contributed by atoms with Gasteiger partial charge in [0.2, 0.25) is 0 Å². The van der Waals surface area contributed by atoms with Crippen LogP contribution in [0.3, 0.4) is 0 Å². The quantitative estimate of drug-likeness (QED) is 0.658. The van der Waals surface area contributed by atoms with Crippen molar-refractivity contribution >= 4 is 17.2 Å². The lowest BCUT2D eigenvalue weighted by molar-refractivity contribution is 0.0639. The van der Waals surface area contributed by atoms with Crippen molar-refractivity contribution < 1.29 is 4.79 Å². The second-order valence-electron chi connectivity index (χ2n) is 6.91. The number of piperazine rings is 1. The molecule has 4 rings (SSSR count). The molecule has 1 saturated heterocycles. The van der Waals surface area contributed by atoms with E-state index in [0.29, 0.717) is 0 Å². The summed E-state index contributed by atoms with van der Waals surface area (Å²) in [5.41, 5.74) is 3.10. The Morgan fingerprint density at radius 2 is 1.52 bits per heavy atom. The van der Waals surface area contributed by atoms with Crippen molar-refractivity contribution in [2.45, 2.75) is 6.42 Å². The third-order valence-electron chi connectivity index (χ3n) is 5.15. The smallest absolute Gasteiger partial charge is 0.253 e. The first-order chi connectivity index (χ1) is 13.3. The zero-order chi connectivity index (χ0) is 18.5. The zero-order valence-electron chi connectivity index (χ0n) is 15.4. The van der Waals surface area contributed by atoms with Crippen LogP contribution in [0, 0.1) is 0 Å². The Morgan fingerprint density at radius 1 is 0.815 bits per heavy atom. The molecular formula is C23H24N2OS. The fourth-order valence-corrected chi connectivity index (χ4v) is 4.21. The van der Waals surface area contributed by atoms with Crippen molar-refractivity contribution in [2.24, 2.45) is 0 Å². The minimum absolute atomic E-state index is 0.146. The maximum Gasteiger partial charge on any atom is 0.253 e. The fourth-order valence-electron chi connectivity index (χ4n) is 3.52. The Kier molecular flexibility index (Phi) is 5.66. The van der Waals surface area contributed by atoms with Gasteiger partial charge in [0.05, 0.1) is 0 Å². The Labute approximate surface area is 164 Å². The van der Waals surface area contributed by atoms with E-state index in [-0.39, 0.29) is 5.91 Å². The number of carbonyl (C=O) groups is 1. The van der Waals surface area contributed by atoms with Gasteiger partial charge in [0, 0.05) is 43.2 Å². The van der Waals surface area contributed by atoms with Crippen LogP contribution in [0.2, 0.25) is 0 Å². The number of carbonyl (C=O) groups excluding carboxylic acids is 1. The maximum atomic E-state index is 12.8. The number of benzene rings is 2. The maximum absolute atomic E-state index is 12.8. The number of hydrogen-bond acceptors (Lipinski definition) is 3. The zero-order valence-corrected chi connectivity index (χ0v) is 16.2. The largest absolute Gasteiger partial charge is 0.336 e. The molecule has 0 radical (unpaired) electrons. The SMILES string of the molecule is O=C(c1ccc(-c2ccccc2)cc1)N1CCN(CCc2cccs2)CC1. The monoisotopic (exact) mass is 376 g/mol. The van der Waals surface area contributed by atoms with E-state index >= 15 is 0 Å². The highest BCUT2D eigenvalue weighted by Crippen LogP contribution is 2.20. The number of nitrogens with zero attached hydrogens (tertiary/aromatic N) is 2. The Balaban J connectivity index is 1.31. The molecule has 1 aliphatic rings. The van der Waals surface area contributed by atoms with Gasteiger partial charge >= 0.3 is 0 Å². The summed E-state index contributed by atoms with van der Waals surface area (Å²) >= 11 is 1.82. The van der Waals surface area contributed by atoms with Gasteiger partial charge < -0.3 is 4.90 Å². The van der Waals surface area contributed by atoms with Gasteiger partial charge in [-0.3, -0.25) is 9.69 Å². The van der Waals surface area contributed by atoms with Gasteiger partial charge in [0.25, 0.3) is 5.91 Å². The normalized spacial score (nSPS) is 15.0. The summed E-state index contributed by atoms with van der Waals surface area (Å²) in [5.74, 6) is 0.146. The van der Waals surface area contributed by atoms with E-state index in [1.807, 2.05) is 58.7 Å². The molecule has 0 N–H and O–H groups in total. The molecular weight excluding hydrogens is 352 g/mol. The van der Waals surface area contributed by atoms with E-state index in [1.165, 1.54) is 10.4 Å². The Bertz CT molecular complexity index is 851. The topological polar surface area (TPSA) is 23.6 Å². The van der Waals surface area contributed by atoms with Crippen LogP contribution in [0.25, 0.3) is 11.1 Å². The highest BCUT2D eigenvalue weighted by atomic mass is 32.1. The van der Waals surface area contributed by atoms with E-state index in [0.717, 1.165) is 50.3 Å². The van der Waals surface area contributed by atoms with E-state index in [1.54, 1.807) is 0 Å². The molecule has 1 aromatic heterocycles. The molecule has 0 atom stereocenters. The number of amides is 1. The van der Waals surface area contributed by atoms with Crippen LogP contribution in [-0.4, -0.2) is 48.4 Å². The molecule has 3 nitrogen and oxygen atoms in total. The van der Waals surface area contributed by atoms with E-state index in [4.69, 9.17) is 0 Å². The third-order valence-corrected chi connectivity index (χ3v) is 6.09. The second kappa shape index (κ2) is 8.51. The average molecular weight is 377 g/mol. The van der Waals surface area contributed by atoms with Gasteiger partial charge in [-0.25, -0.2) is 0 Å². The summed E-state index contributed by atoms with van der Waals surface area (Å²) in [6, 6.07) is 22.6. The van der Waals surface area contributed by atoms with Crippen molar-refractivity contribution in [3.63, 3.8) is 0 Å². The van der Waals surface area contributed by atoms with Crippen LogP contribution in [0.15, 0.2) is 72.1 Å². The van der Waals surface area contributed by atoms with Crippen LogP contribution in [0.1, 0.15) is 15.2 Å². The minimum atomic E-state index is 0.146. The van der Waals surface area contributed by atoms with Crippen LogP contribution < -0.4 is 0 Å². The molecule has 27 heavy (non-hydrogen) atoms. The van der Waals surface area contributed by atoms with Crippen molar-refractivity contribution in [1.29, 1.82) is 0 Å². The van der Waals surface area contributed by atoms with Crippen LogP contribution >= 0.6 is 11.3 Å². The molecule has 0 aliphatic carbocycles. The highest BCUT2D eigenvalue weighted by Gasteiger charge is 2.22. The molecule has 1 fully saturated rings. The van der Waals surface area contributed by atoms with Crippen molar-refractivity contribution in [3.05, 3.63) is 82.6 Å². The first kappa shape index (κ1) is 18.0. The molecule has 0 spiro atoms. The van der Waals surface area contributed by atoms with Gasteiger partial charge in [0.1, 0.15) is 0 Å². The van der Waals surface area contributed by atoms with Crippen molar-refractivity contribution in [2.75, 3.05) is 32.7 Å². The van der Waals surface area contributed by atoms with Gasteiger partial charge in [-0.05, 0) is 41.1 Å². The Hall–Kier alpha value is -2.43. The molecule has 2 aromatic carbocycles. The number of hydrogen-bond donors (Lipinski definition) is 0. The lowest BCUT2D eigenvalue weighted by atomic mass is 10.0. The number of thiophene rings is 1. The summed E-state index contributed by atoms with van der Waals surface area (Å²) in [6.45, 7) is 4.61. The molecule has 2 heterocycles. The van der Waals surface area contributed by atoms with Crippen LogP contribution in [0.4, 0.5) is 0 Å². The van der Waals surface area contributed by atoms with Gasteiger partial charge in [-0.2, -0.15) is 0 Å². The summed E-state index contributed by atoms with van der Waals surface area (Å²) in [7, 11) is 0. The summed E-state index contributed by atoms with van der Waals surface area (Å²) in [4.78, 5) is 18.7. The first-order valence-electron chi connectivity index (χ1n) is 9.49. The molecule has 4 heteroatoms. The van der Waals surface area contributed by atoms with Gasteiger partial charge in [0.15, 0.2) is 0 Å². The third kappa shape index (κ3) is 4.46. The van der Waals surface area contributed by atoms with Crippen molar-refractivity contribution in [1.82, 2.24) is 9.80 Å². The average Bonchev–Trinajstić information content (AvgIpc) is 3.27. The predicted molar refractivity (Wildman–Crippen MR) is 112 cm³/mol. The first-order valence-corrected chi connectivity index (χ1v) is 10.4. The lowest BCUT2D eigenvalue weighted by Gasteiger charge is -2.34. The molecule has 0 saturated carbocycles. The predicted octanol–water partition coefficient (Wildman–Crippen LogP) is 4.42. The van der Waals surface area contributed by atoms with Crippen LogP contribution in [-0.2, 0) is 6.42 Å². The van der Waals surface area contributed by atoms with Gasteiger partial charge in [-0.15, -0.1) is 11.3 Å². The summed E-state index contributed by atoms with van der Waals surface area (Å²) in [6.07, 6.45) is 1.10. The van der Waals surface area contributed by atoms with Gasteiger partial charge in [-0.1, -0.05) is 48.5 Å². The molecule has 1 aliphatic heterocycles. The number of rotatable bonds is 5. The molecule has 1 amide bonds. The van der Waals surface area contributed by atoms with Crippen molar-refractivity contribution in [3.8, 4) is 11.1 Å². The van der Waals surface area contributed by atoms with E-state index in [9.17, 15) is 4.79 Å². The van der Waals surface area contributed by atoms with E-state index < -0.39 is 0 Å². The molecule has 138 valence electrons.